The van der Waals surface area contributed by atoms with E-state index in [-0.39, 0.29) is 11.8 Å². The van der Waals surface area contributed by atoms with Crippen LogP contribution < -0.4 is 4.72 Å². The van der Waals surface area contributed by atoms with Crippen LogP contribution in [0.15, 0.2) is 12.3 Å². The van der Waals surface area contributed by atoms with Crippen LogP contribution in [0, 0.1) is 0 Å². The Hall–Kier alpha value is -0.920. The number of fused-ring (bicyclic) bond motifs is 1. The summed E-state index contributed by atoms with van der Waals surface area (Å²) in [6.07, 6.45) is 6.54. The van der Waals surface area contributed by atoms with Gasteiger partial charge in [0.15, 0.2) is 0 Å². The van der Waals surface area contributed by atoms with E-state index in [1.54, 1.807) is 6.92 Å². The van der Waals surface area contributed by atoms with Crippen molar-refractivity contribution in [3.63, 3.8) is 0 Å². The van der Waals surface area contributed by atoms with Crippen LogP contribution in [-0.2, 0) is 23.1 Å². The van der Waals surface area contributed by atoms with Crippen LogP contribution in [0.2, 0.25) is 0 Å². The van der Waals surface area contributed by atoms with Gasteiger partial charge in [0, 0.05) is 37.9 Å². The van der Waals surface area contributed by atoms with E-state index in [4.69, 9.17) is 0 Å². The molecular formula is C14H24N4O2S. The standard InChI is InChI=1S/C14H24N4O2S/c1-2-21(19,20)16-10-13-7-9-18-14(6-8-15-18)11-17(13)12-4-3-5-12/h6,8,12-13,16H,2-5,7,9-11H2,1H3. The molecule has 0 amide bonds. The second kappa shape index (κ2) is 6.06. The van der Waals surface area contributed by atoms with Gasteiger partial charge in [-0.05, 0) is 32.3 Å². The van der Waals surface area contributed by atoms with Gasteiger partial charge in [0.05, 0.1) is 11.4 Å². The van der Waals surface area contributed by atoms with Gasteiger partial charge in [-0.15, -0.1) is 0 Å². The molecule has 0 spiro atoms. The minimum atomic E-state index is -3.12. The number of sulfonamides is 1. The molecule has 2 heterocycles. The van der Waals surface area contributed by atoms with E-state index in [0.717, 1.165) is 19.5 Å². The number of aryl methyl sites for hydroxylation is 1. The highest BCUT2D eigenvalue weighted by atomic mass is 32.2. The second-order valence-corrected chi connectivity index (χ2v) is 8.09. The Morgan fingerprint density at radius 3 is 2.86 bits per heavy atom. The molecule has 1 fully saturated rings. The summed E-state index contributed by atoms with van der Waals surface area (Å²) in [6.45, 7) is 3.93. The quantitative estimate of drug-likeness (QED) is 0.879. The summed E-state index contributed by atoms with van der Waals surface area (Å²) in [6, 6.07) is 2.94. The zero-order valence-corrected chi connectivity index (χ0v) is 13.3. The summed E-state index contributed by atoms with van der Waals surface area (Å²) in [7, 11) is -3.12. The first-order valence-electron chi connectivity index (χ1n) is 7.83. The van der Waals surface area contributed by atoms with Crippen molar-refractivity contribution in [1.29, 1.82) is 0 Å². The Bertz CT molecular complexity index is 580. The van der Waals surface area contributed by atoms with E-state index in [2.05, 4.69) is 25.5 Å². The number of aromatic nitrogens is 2. The summed E-state index contributed by atoms with van der Waals surface area (Å²) >= 11 is 0. The van der Waals surface area contributed by atoms with Gasteiger partial charge < -0.3 is 0 Å². The molecule has 118 valence electrons. The Morgan fingerprint density at radius 1 is 1.38 bits per heavy atom. The highest BCUT2D eigenvalue weighted by Gasteiger charge is 2.33. The summed E-state index contributed by atoms with van der Waals surface area (Å²) in [4.78, 5) is 2.49. The van der Waals surface area contributed by atoms with Crippen LogP contribution in [0.4, 0.5) is 0 Å². The molecule has 7 heteroatoms. The zero-order chi connectivity index (χ0) is 14.9. The largest absolute Gasteiger partial charge is 0.290 e. The molecule has 1 saturated carbocycles. The summed E-state index contributed by atoms with van der Waals surface area (Å²) in [5.74, 6) is 0.144. The normalized spacial score (nSPS) is 24.3. The molecule has 3 rings (SSSR count). The van der Waals surface area contributed by atoms with E-state index < -0.39 is 10.0 Å². The van der Waals surface area contributed by atoms with E-state index >= 15 is 0 Å². The third-order valence-corrected chi connectivity index (χ3v) is 6.12. The fourth-order valence-electron chi connectivity index (χ4n) is 3.14. The lowest BCUT2D eigenvalue weighted by Crippen LogP contribution is -2.50. The summed E-state index contributed by atoms with van der Waals surface area (Å²) in [5, 5.41) is 4.37. The van der Waals surface area contributed by atoms with Gasteiger partial charge in [-0.2, -0.15) is 5.10 Å². The molecule has 0 radical (unpaired) electrons. The first-order valence-corrected chi connectivity index (χ1v) is 9.48. The Labute approximate surface area is 126 Å². The van der Waals surface area contributed by atoms with Gasteiger partial charge in [0.2, 0.25) is 10.0 Å². The average Bonchev–Trinajstić information content (AvgIpc) is 2.77. The Kier molecular flexibility index (Phi) is 4.33. The molecule has 2 aliphatic rings. The number of rotatable bonds is 5. The topological polar surface area (TPSA) is 67.2 Å². The number of nitrogens with one attached hydrogen (secondary N) is 1. The highest BCUT2D eigenvalue weighted by Crippen LogP contribution is 2.30. The highest BCUT2D eigenvalue weighted by molar-refractivity contribution is 7.89. The fourth-order valence-corrected chi connectivity index (χ4v) is 3.79. The van der Waals surface area contributed by atoms with Crippen LogP contribution in [0.3, 0.4) is 0 Å². The summed E-state index contributed by atoms with van der Waals surface area (Å²) in [5.41, 5.74) is 1.24. The first-order chi connectivity index (χ1) is 10.1. The van der Waals surface area contributed by atoms with E-state index in [9.17, 15) is 8.42 Å². The molecule has 1 unspecified atom stereocenters. The molecule has 1 aromatic heterocycles. The minimum absolute atomic E-state index is 0.144. The van der Waals surface area contributed by atoms with E-state index in [1.165, 1.54) is 25.0 Å². The number of nitrogens with zero attached hydrogens (tertiary/aromatic N) is 3. The Morgan fingerprint density at radius 2 is 2.19 bits per heavy atom. The minimum Gasteiger partial charge on any atom is -0.290 e. The maximum atomic E-state index is 11.7. The van der Waals surface area contributed by atoms with Crippen molar-refractivity contribution in [3.8, 4) is 0 Å². The van der Waals surface area contributed by atoms with Crippen molar-refractivity contribution in [2.45, 2.75) is 57.8 Å². The van der Waals surface area contributed by atoms with Gasteiger partial charge in [0.25, 0.3) is 0 Å². The van der Waals surface area contributed by atoms with Gasteiger partial charge in [-0.25, -0.2) is 13.1 Å². The SMILES string of the molecule is CCS(=O)(=O)NCC1CCn2nccc2CN1C1CCC1. The Balaban J connectivity index is 1.73. The lowest BCUT2D eigenvalue weighted by atomic mass is 9.90. The monoisotopic (exact) mass is 312 g/mol. The second-order valence-electron chi connectivity index (χ2n) is 6.00. The molecule has 6 nitrogen and oxygen atoms in total. The molecule has 1 aliphatic heterocycles. The molecule has 1 N–H and O–H groups in total. The number of hydrogen-bond donors (Lipinski definition) is 1. The maximum absolute atomic E-state index is 11.7. The molecule has 0 saturated heterocycles. The van der Waals surface area contributed by atoms with E-state index in [1.807, 2.05) is 6.20 Å². The fraction of sp³-hybridized carbons (Fsp3) is 0.786. The average molecular weight is 312 g/mol. The van der Waals surface area contributed by atoms with Crippen molar-refractivity contribution in [2.24, 2.45) is 0 Å². The predicted octanol–water partition coefficient (Wildman–Crippen LogP) is 0.949. The van der Waals surface area contributed by atoms with Crippen molar-refractivity contribution in [1.82, 2.24) is 19.4 Å². The van der Waals surface area contributed by atoms with Crippen molar-refractivity contribution < 1.29 is 8.42 Å². The van der Waals surface area contributed by atoms with Gasteiger partial charge in [0.1, 0.15) is 0 Å². The van der Waals surface area contributed by atoms with Crippen molar-refractivity contribution in [3.05, 3.63) is 18.0 Å². The third kappa shape index (κ3) is 3.30. The van der Waals surface area contributed by atoms with Gasteiger partial charge in [-0.1, -0.05) is 6.42 Å². The van der Waals surface area contributed by atoms with Crippen molar-refractivity contribution in [2.75, 3.05) is 12.3 Å². The molecule has 1 aromatic rings. The van der Waals surface area contributed by atoms with Crippen molar-refractivity contribution >= 4 is 10.0 Å². The molecule has 0 aromatic carbocycles. The van der Waals surface area contributed by atoms with Gasteiger partial charge >= 0.3 is 0 Å². The van der Waals surface area contributed by atoms with E-state index in [0.29, 0.717) is 12.6 Å². The number of hydrogen-bond acceptors (Lipinski definition) is 4. The lowest BCUT2D eigenvalue weighted by Gasteiger charge is -2.41. The van der Waals surface area contributed by atoms with Gasteiger partial charge in [-0.3, -0.25) is 9.58 Å². The zero-order valence-electron chi connectivity index (χ0n) is 12.5. The van der Waals surface area contributed by atoms with Crippen LogP contribution in [-0.4, -0.2) is 47.5 Å². The smallest absolute Gasteiger partial charge is 0.211 e. The summed E-state index contributed by atoms with van der Waals surface area (Å²) < 4.78 is 28.2. The molecule has 21 heavy (non-hydrogen) atoms. The first kappa shape index (κ1) is 15.0. The van der Waals surface area contributed by atoms with Crippen LogP contribution in [0.5, 0.6) is 0 Å². The third-order valence-electron chi connectivity index (χ3n) is 4.75. The van der Waals surface area contributed by atoms with Crippen LogP contribution in [0.25, 0.3) is 0 Å². The van der Waals surface area contributed by atoms with Crippen LogP contribution in [0.1, 0.15) is 38.3 Å². The molecule has 0 bridgehead atoms. The molecular weight excluding hydrogens is 288 g/mol. The van der Waals surface area contributed by atoms with Crippen LogP contribution >= 0.6 is 0 Å². The molecule has 1 atom stereocenters. The molecule has 1 aliphatic carbocycles. The lowest BCUT2D eigenvalue weighted by molar-refractivity contribution is 0.0723. The maximum Gasteiger partial charge on any atom is 0.211 e. The predicted molar refractivity (Wildman–Crippen MR) is 81.3 cm³/mol.